The van der Waals surface area contributed by atoms with Crippen LogP contribution in [0.5, 0.6) is 0 Å². The maximum atomic E-state index is 12.0. The molecule has 116 valence electrons. The van der Waals surface area contributed by atoms with E-state index in [9.17, 15) is 13.2 Å². The quantitative estimate of drug-likeness (QED) is 0.611. The molecule has 8 nitrogen and oxygen atoms in total. The molecule has 0 spiro atoms. The Morgan fingerprint density at radius 2 is 1.80 bits per heavy atom. The van der Waals surface area contributed by atoms with Gasteiger partial charge in [-0.05, 0) is 0 Å². The Labute approximate surface area is 119 Å². The molecule has 0 saturated carbocycles. The molecule has 20 heavy (non-hydrogen) atoms. The summed E-state index contributed by atoms with van der Waals surface area (Å²) in [5, 5.41) is 3.10. The minimum absolute atomic E-state index is 0.0312. The summed E-state index contributed by atoms with van der Waals surface area (Å²) in [4.78, 5) is 13.6. The SMILES string of the molecule is O=C(CCNS(=O)(=O)N1CCNCC1)N1CCOCC1. The third-order valence-electron chi connectivity index (χ3n) is 3.40. The van der Waals surface area contributed by atoms with Crippen molar-refractivity contribution in [2.45, 2.75) is 6.42 Å². The summed E-state index contributed by atoms with van der Waals surface area (Å²) >= 11 is 0. The molecule has 0 radical (unpaired) electrons. The Kier molecular flexibility index (Phi) is 5.73. The lowest BCUT2D eigenvalue weighted by molar-refractivity contribution is -0.135. The predicted octanol–water partition coefficient (Wildman–Crippen LogP) is -2.03. The fourth-order valence-electron chi connectivity index (χ4n) is 2.23. The zero-order chi connectivity index (χ0) is 14.4. The second kappa shape index (κ2) is 7.32. The smallest absolute Gasteiger partial charge is 0.279 e. The van der Waals surface area contributed by atoms with E-state index in [-0.39, 0.29) is 18.9 Å². The number of carbonyl (C=O) groups is 1. The molecule has 2 N–H and O–H groups in total. The number of nitrogens with zero attached hydrogens (tertiary/aromatic N) is 2. The van der Waals surface area contributed by atoms with Crippen LogP contribution in [0, 0.1) is 0 Å². The van der Waals surface area contributed by atoms with E-state index in [4.69, 9.17) is 4.74 Å². The first-order valence-electron chi connectivity index (χ1n) is 6.90. The zero-order valence-corrected chi connectivity index (χ0v) is 12.3. The highest BCUT2D eigenvalue weighted by Gasteiger charge is 2.24. The Hall–Kier alpha value is -0.740. The largest absolute Gasteiger partial charge is 0.378 e. The summed E-state index contributed by atoms with van der Waals surface area (Å²) < 4.78 is 33.0. The lowest BCUT2D eigenvalue weighted by atomic mass is 10.3. The number of rotatable bonds is 5. The van der Waals surface area contributed by atoms with Gasteiger partial charge in [-0.15, -0.1) is 0 Å². The van der Waals surface area contributed by atoms with Crippen molar-refractivity contribution < 1.29 is 17.9 Å². The maximum Gasteiger partial charge on any atom is 0.279 e. The highest BCUT2D eigenvalue weighted by Crippen LogP contribution is 2.02. The normalized spacial score (nSPS) is 21.9. The van der Waals surface area contributed by atoms with Crippen molar-refractivity contribution in [3.05, 3.63) is 0 Å². The van der Waals surface area contributed by atoms with Crippen molar-refractivity contribution in [1.29, 1.82) is 0 Å². The Balaban J connectivity index is 1.72. The maximum absolute atomic E-state index is 12.0. The topological polar surface area (TPSA) is 91.0 Å². The number of piperazine rings is 1. The van der Waals surface area contributed by atoms with Crippen LogP contribution in [-0.2, 0) is 19.7 Å². The number of carbonyl (C=O) groups excluding carboxylic acids is 1. The first-order chi connectivity index (χ1) is 9.59. The van der Waals surface area contributed by atoms with Gasteiger partial charge in [0.2, 0.25) is 5.91 Å². The Morgan fingerprint density at radius 3 is 2.45 bits per heavy atom. The summed E-state index contributed by atoms with van der Waals surface area (Å²) in [6, 6.07) is 0. The van der Waals surface area contributed by atoms with Crippen molar-refractivity contribution in [3.8, 4) is 0 Å². The van der Waals surface area contributed by atoms with Gasteiger partial charge >= 0.3 is 0 Å². The van der Waals surface area contributed by atoms with Crippen LogP contribution < -0.4 is 10.0 Å². The molecule has 2 saturated heterocycles. The average molecular weight is 306 g/mol. The summed E-state index contributed by atoms with van der Waals surface area (Å²) in [5.41, 5.74) is 0. The molecule has 0 unspecified atom stereocenters. The minimum Gasteiger partial charge on any atom is -0.378 e. The molecule has 0 aliphatic carbocycles. The van der Waals surface area contributed by atoms with Crippen molar-refractivity contribution in [3.63, 3.8) is 0 Å². The third-order valence-corrected chi connectivity index (χ3v) is 5.02. The molecule has 0 atom stereocenters. The zero-order valence-electron chi connectivity index (χ0n) is 11.5. The number of morpholine rings is 1. The van der Waals surface area contributed by atoms with Crippen LogP contribution in [0.1, 0.15) is 6.42 Å². The van der Waals surface area contributed by atoms with Gasteiger partial charge in [0.25, 0.3) is 10.2 Å². The average Bonchev–Trinajstić information content (AvgIpc) is 2.49. The van der Waals surface area contributed by atoms with E-state index in [1.807, 2.05) is 0 Å². The van der Waals surface area contributed by atoms with E-state index in [2.05, 4.69) is 10.0 Å². The minimum atomic E-state index is -3.46. The molecule has 0 bridgehead atoms. The molecule has 2 fully saturated rings. The van der Waals surface area contributed by atoms with E-state index in [0.717, 1.165) is 0 Å². The molecule has 2 heterocycles. The fourth-order valence-corrected chi connectivity index (χ4v) is 3.44. The third kappa shape index (κ3) is 4.38. The number of hydrogen-bond acceptors (Lipinski definition) is 5. The predicted molar refractivity (Wildman–Crippen MR) is 73.4 cm³/mol. The van der Waals surface area contributed by atoms with E-state index in [1.54, 1.807) is 4.90 Å². The van der Waals surface area contributed by atoms with Crippen LogP contribution in [0.4, 0.5) is 0 Å². The molecule has 2 rings (SSSR count). The highest BCUT2D eigenvalue weighted by atomic mass is 32.2. The first-order valence-corrected chi connectivity index (χ1v) is 8.34. The number of amides is 1. The first kappa shape index (κ1) is 15.6. The van der Waals surface area contributed by atoms with Gasteiger partial charge in [0, 0.05) is 52.2 Å². The molecule has 0 aromatic rings. The number of hydrogen-bond donors (Lipinski definition) is 2. The Bertz CT molecular complexity index is 416. The van der Waals surface area contributed by atoms with Gasteiger partial charge in [-0.25, -0.2) is 4.72 Å². The van der Waals surface area contributed by atoms with Gasteiger partial charge in [-0.3, -0.25) is 4.79 Å². The van der Waals surface area contributed by atoms with Crippen molar-refractivity contribution in [2.24, 2.45) is 0 Å². The van der Waals surface area contributed by atoms with Crippen molar-refractivity contribution in [2.75, 3.05) is 59.0 Å². The van der Waals surface area contributed by atoms with Crippen LogP contribution in [0.2, 0.25) is 0 Å². The monoisotopic (exact) mass is 306 g/mol. The van der Waals surface area contributed by atoms with Gasteiger partial charge in [-0.2, -0.15) is 12.7 Å². The lowest BCUT2D eigenvalue weighted by Gasteiger charge is -2.28. The molecule has 0 aromatic carbocycles. The van der Waals surface area contributed by atoms with Crippen LogP contribution in [0.3, 0.4) is 0 Å². The summed E-state index contributed by atoms with van der Waals surface area (Å²) in [6.07, 6.45) is 0.186. The summed E-state index contributed by atoms with van der Waals surface area (Å²) in [5.74, 6) is -0.0312. The van der Waals surface area contributed by atoms with Gasteiger partial charge in [0.05, 0.1) is 13.2 Å². The van der Waals surface area contributed by atoms with Crippen LogP contribution in [0.25, 0.3) is 0 Å². The molecular weight excluding hydrogens is 284 g/mol. The van der Waals surface area contributed by atoms with E-state index < -0.39 is 10.2 Å². The van der Waals surface area contributed by atoms with Crippen LogP contribution >= 0.6 is 0 Å². The van der Waals surface area contributed by atoms with Crippen LogP contribution in [0.15, 0.2) is 0 Å². The molecule has 2 aliphatic heterocycles. The molecular formula is C11H22N4O4S. The van der Waals surface area contributed by atoms with Crippen LogP contribution in [-0.4, -0.2) is 82.6 Å². The van der Waals surface area contributed by atoms with E-state index in [0.29, 0.717) is 52.5 Å². The molecule has 9 heteroatoms. The van der Waals surface area contributed by atoms with Crippen molar-refractivity contribution in [1.82, 2.24) is 19.2 Å². The number of ether oxygens (including phenoxy) is 1. The molecule has 1 amide bonds. The molecule has 2 aliphatic rings. The number of nitrogens with one attached hydrogen (secondary N) is 2. The standard InChI is InChI=1S/C11H22N4O4S/c16-11(14-7-9-19-10-8-14)1-2-13-20(17,18)15-5-3-12-4-6-15/h12-13H,1-10H2. The second-order valence-corrected chi connectivity index (χ2v) is 6.55. The fraction of sp³-hybridized carbons (Fsp3) is 0.909. The van der Waals surface area contributed by atoms with Gasteiger partial charge in [0.15, 0.2) is 0 Å². The Morgan fingerprint density at radius 1 is 1.15 bits per heavy atom. The second-order valence-electron chi connectivity index (χ2n) is 4.79. The van der Waals surface area contributed by atoms with Crippen molar-refractivity contribution >= 4 is 16.1 Å². The molecule has 0 aromatic heterocycles. The summed E-state index contributed by atoms with van der Waals surface area (Å²) in [7, 11) is -3.46. The van der Waals surface area contributed by atoms with Gasteiger partial charge in [-0.1, -0.05) is 0 Å². The highest BCUT2D eigenvalue weighted by molar-refractivity contribution is 7.87. The summed E-state index contributed by atoms with van der Waals surface area (Å²) in [6.45, 7) is 4.67. The van der Waals surface area contributed by atoms with E-state index in [1.165, 1.54) is 4.31 Å². The lowest BCUT2D eigenvalue weighted by Crippen LogP contribution is -2.51. The van der Waals surface area contributed by atoms with E-state index >= 15 is 0 Å². The van der Waals surface area contributed by atoms with Gasteiger partial charge in [0.1, 0.15) is 0 Å². The van der Waals surface area contributed by atoms with Gasteiger partial charge < -0.3 is 15.0 Å².